The first kappa shape index (κ1) is 18.3. The number of aryl methyl sites for hydroxylation is 1. The topological polar surface area (TPSA) is 56.5 Å². The van der Waals surface area contributed by atoms with Crippen LogP contribution in [0.15, 0.2) is 68.7 Å². The Labute approximate surface area is 156 Å². The van der Waals surface area contributed by atoms with Crippen molar-refractivity contribution < 1.29 is 13.9 Å². The monoisotopic (exact) mass is 368 g/mol. The average Bonchev–Trinajstić information content (AvgIpc) is 2.65. The number of thioether (sulfide) groups is 1. The molecule has 0 unspecified atom stereocenters. The van der Waals surface area contributed by atoms with Crippen LogP contribution in [0.25, 0.3) is 11.0 Å². The fraction of sp³-hybridized carbons (Fsp3) is 0.238. The lowest BCUT2D eigenvalue weighted by atomic mass is 10.1. The van der Waals surface area contributed by atoms with Gasteiger partial charge in [0, 0.05) is 21.9 Å². The first-order chi connectivity index (χ1) is 12.6. The molecule has 0 aliphatic rings. The van der Waals surface area contributed by atoms with Crippen molar-refractivity contribution in [1.29, 1.82) is 0 Å². The fourth-order valence-electron chi connectivity index (χ4n) is 2.63. The summed E-state index contributed by atoms with van der Waals surface area (Å²) < 4.78 is 10.7. The second-order valence-corrected chi connectivity index (χ2v) is 7.37. The summed E-state index contributed by atoms with van der Waals surface area (Å²) in [6.07, 6.45) is 0.854. The predicted octanol–water partition coefficient (Wildman–Crippen LogP) is 4.58. The lowest BCUT2D eigenvalue weighted by Crippen LogP contribution is -2.17. The summed E-state index contributed by atoms with van der Waals surface area (Å²) >= 11 is 1.44. The van der Waals surface area contributed by atoms with Crippen molar-refractivity contribution in [3.63, 3.8) is 0 Å². The van der Waals surface area contributed by atoms with Crippen LogP contribution in [0.2, 0.25) is 0 Å². The normalized spacial score (nSPS) is 12.1. The van der Waals surface area contributed by atoms with E-state index < -0.39 is 5.63 Å². The maximum absolute atomic E-state index is 12.3. The summed E-state index contributed by atoms with van der Waals surface area (Å²) in [5.41, 5.74) is 1.82. The number of rotatable bonds is 6. The van der Waals surface area contributed by atoms with E-state index in [0.717, 1.165) is 22.3 Å². The molecule has 0 bridgehead atoms. The van der Waals surface area contributed by atoms with Gasteiger partial charge in [-0.2, -0.15) is 0 Å². The molecule has 0 aliphatic carbocycles. The van der Waals surface area contributed by atoms with Gasteiger partial charge in [-0.3, -0.25) is 4.79 Å². The number of ether oxygens (including phenoxy) is 1. The highest BCUT2D eigenvalue weighted by Gasteiger charge is 2.17. The molecule has 3 aromatic rings. The number of carbonyl (C=O) groups is 1. The van der Waals surface area contributed by atoms with E-state index in [2.05, 4.69) is 0 Å². The average molecular weight is 368 g/mol. The van der Waals surface area contributed by atoms with Gasteiger partial charge < -0.3 is 9.15 Å². The molecule has 2 aromatic carbocycles. The zero-order chi connectivity index (χ0) is 18.5. The predicted molar refractivity (Wildman–Crippen MR) is 103 cm³/mol. The molecule has 26 heavy (non-hydrogen) atoms. The molecular formula is C21H20O4S. The Morgan fingerprint density at radius 1 is 1.15 bits per heavy atom. The third kappa shape index (κ3) is 4.35. The molecule has 1 atom stereocenters. The molecule has 0 aliphatic heterocycles. The van der Waals surface area contributed by atoms with Crippen molar-refractivity contribution in [1.82, 2.24) is 0 Å². The smallest absolute Gasteiger partial charge is 0.336 e. The summed E-state index contributed by atoms with van der Waals surface area (Å²) in [4.78, 5) is 25.1. The molecule has 1 aromatic heterocycles. The van der Waals surface area contributed by atoms with Crippen molar-refractivity contribution in [3.05, 3.63) is 76.1 Å². The van der Waals surface area contributed by atoms with E-state index in [1.54, 1.807) is 0 Å². The molecule has 5 heteroatoms. The maximum Gasteiger partial charge on any atom is 0.336 e. The van der Waals surface area contributed by atoms with Crippen molar-refractivity contribution >= 4 is 28.7 Å². The van der Waals surface area contributed by atoms with Gasteiger partial charge in [-0.05, 0) is 37.1 Å². The summed E-state index contributed by atoms with van der Waals surface area (Å²) in [5, 5.41) is 0.452. The molecule has 0 amide bonds. The fourth-order valence-corrected chi connectivity index (χ4v) is 3.52. The van der Waals surface area contributed by atoms with E-state index in [1.807, 2.05) is 62.4 Å². The summed E-state index contributed by atoms with van der Waals surface area (Å²) in [7, 11) is 0. The Morgan fingerprint density at radius 2 is 1.92 bits per heavy atom. The van der Waals surface area contributed by atoms with Gasteiger partial charge in [0.25, 0.3) is 0 Å². The SMILES string of the molecule is CCc1ccc2c(COC(=O)[C@H](C)Sc3ccccc3)cc(=O)oc2c1. The number of esters is 1. The number of carbonyl (C=O) groups excluding carboxylic acids is 1. The minimum atomic E-state index is -0.441. The summed E-state index contributed by atoms with van der Waals surface area (Å²) in [6.45, 7) is 3.90. The zero-order valence-electron chi connectivity index (χ0n) is 14.7. The Bertz CT molecular complexity index is 963. The molecular weight excluding hydrogens is 348 g/mol. The largest absolute Gasteiger partial charge is 0.460 e. The van der Waals surface area contributed by atoms with Crippen LogP contribution in [0.1, 0.15) is 25.0 Å². The molecule has 134 valence electrons. The van der Waals surface area contributed by atoms with Crippen molar-refractivity contribution in [2.75, 3.05) is 0 Å². The van der Waals surface area contributed by atoms with Gasteiger partial charge in [0.1, 0.15) is 17.4 Å². The number of fused-ring (bicyclic) bond motifs is 1. The van der Waals surface area contributed by atoms with Crippen LogP contribution in [-0.2, 0) is 22.6 Å². The Kier molecular flexibility index (Phi) is 5.78. The van der Waals surface area contributed by atoms with Crippen LogP contribution in [0.4, 0.5) is 0 Å². The van der Waals surface area contributed by atoms with Crippen LogP contribution < -0.4 is 5.63 Å². The quantitative estimate of drug-likeness (QED) is 0.362. The van der Waals surface area contributed by atoms with Gasteiger partial charge in [-0.1, -0.05) is 37.3 Å². The third-order valence-corrected chi connectivity index (χ3v) is 5.15. The molecule has 0 spiro atoms. The molecule has 0 saturated carbocycles. The number of hydrogen-bond acceptors (Lipinski definition) is 5. The Morgan fingerprint density at radius 3 is 2.65 bits per heavy atom. The first-order valence-corrected chi connectivity index (χ1v) is 9.39. The standard InChI is InChI=1S/C21H20O4S/c1-3-15-9-10-18-16(12-20(22)25-19(18)11-15)13-24-21(23)14(2)26-17-7-5-4-6-8-17/h4-12,14H,3,13H2,1-2H3/t14-/m0/s1. The Balaban J connectivity index is 1.72. The molecule has 1 heterocycles. The van der Waals surface area contributed by atoms with Gasteiger partial charge in [-0.25, -0.2) is 4.79 Å². The maximum atomic E-state index is 12.3. The molecule has 0 fully saturated rings. The van der Waals surface area contributed by atoms with E-state index in [1.165, 1.54) is 17.8 Å². The minimum Gasteiger partial charge on any atom is -0.460 e. The summed E-state index contributed by atoms with van der Waals surface area (Å²) in [5.74, 6) is -0.314. The summed E-state index contributed by atoms with van der Waals surface area (Å²) in [6, 6.07) is 16.8. The number of hydrogen-bond donors (Lipinski definition) is 0. The van der Waals surface area contributed by atoms with E-state index >= 15 is 0 Å². The highest BCUT2D eigenvalue weighted by molar-refractivity contribution is 8.00. The lowest BCUT2D eigenvalue weighted by molar-refractivity contribution is -0.143. The van der Waals surface area contributed by atoms with Crippen LogP contribution in [0, 0.1) is 0 Å². The van der Waals surface area contributed by atoms with Crippen molar-refractivity contribution in [3.8, 4) is 0 Å². The van der Waals surface area contributed by atoms with Gasteiger partial charge in [-0.15, -0.1) is 11.8 Å². The van der Waals surface area contributed by atoms with Crippen molar-refractivity contribution in [2.24, 2.45) is 0 Å². The second kappa shape index (κ2) is 8.23. The lowest BCUT2D eigenvalue weighted by Gasteiger charge is -2.12. The van der Waals surface area contributed by atoms with Gasteiger partial charge >= 0.3 is 11.6 Å². The van der Waals surface area contributed by atoms with E-state index in [9.17, 15) is 9.59 Å². The molecule has 4 nitrogen and oxygen atoms in total. The van der Waals surface area contributed by atoms with Crippen molar-refractivity contribution in [2.45, 2.75) is 37.0 Å². The Hall–Kier alpha value is -2.53. The van der Waals surface area contributed by atoms with E-state index in [4.69, 9.17) is 9.15 Å². The highest BCUT2D eigenvalue weighted by Crippen LogP contribution is 2.24. The molecule has 3 rings (SSSR count). The van der Waals surface area contributed by atoms with Crippen LogP contribution in [0.5, 0.6) is 0 Å². The van der Waals surface area contributed by atoms with Crippen LogP contribution in [0.3, 0.4) is 0 Å². The van der Waals surface area contributed by atoms with Gasteiger partial charge in [0.15, 0.2) is 0 Å². The van der Waals surface area contributed by atoms with E-state index in [0.29, 0.717) is 11.1 Å². The molecule has 0 N–H and O–H groups in total. The molecule has 0 radical (unpaired) electrons. The van der Waals surface area contributed by atoms with E-state index in [-0.39, 0.29) is 17.8 Å². The van der Waals surface area contributed by atoms with Crippen LogP contribution in [-0.4, -0.2) is 11.2 Å². The second-order valence-electron chi connectivity index (χ2n) is 5.96. The third-order valence-electron chi connectivity index (χ3n) is 4.06. The minimum absolute atomic E-state index is 0.0477. The first-order valence-electron chi connectivity index (χ1n) is 8.51. The van der Waals surface area contributed by atoms with Crippen LogP contribution >= 0.6 is 11.8 Å². The zero-order valence-corrected chi connectivity index (χ0v) is 15.5. The van der Waals surface area contributed by atoms with Gasteiger partial charge in [0.2, 0.25) is 0 Å². The highest BCUT2D eigenvalue weighted by atomic mass is 32.2. The van der Waals surface area contributed by atoms with Gasteiger partial charge in [0.05, 0.1) is 0 Å². The number of benzene rings is 2. The molecule has 0 saturated heterocycles.